The highest BCUT2D eigenvalue weighted by atomic mass is 79.9. The lowest BCUT2D eigenvalue weighted by molar-refractivity contribution is -0.145. The molecule has 8 heteroatoms. The molecule has 5 nitrogen and oxygen atoms in total. The van der Waals surface area contributed by atoms with Gasteiger partial charge in [0.15, 0.2) is 0 Å². The summed E-state index contributed by atoms with van der Waals surface area (Å²) in [6, 6.07) is 12.0. The second-order valence-electron chi connectivity index (χ2n) is 7.65. The van der Waals surface area contributed by atoms with Gasteiger partial charge < -0.3 is 14.8 Å². The minimum absolute atomic E-state index is 0.0471. The second-order valence-corrected chi connectivity index (χ2v) is 9.55. The Morgan fingerprint density at radius 1 is 1.14 bits per heavy atom. The van der Waals surface area contributed by atoms with Crippen LogP contribution in [-0.2, 0) is 14.3 Å². The van der Waals surface area contributed by atoms with E-state index in [0.29, 0.717) is 27.2 Å². The lowest BCUT2D eigenvalue weighted by atomic mass is 9.79. The molecule has 5 rings (SSSR count). The van der Waals surface area contributed by atoms with Crippen molar-refractivity contribution in [2.75, 3.05) is 5.32 Å². The number of alkyl halides is 1. The third-order valence-corrected chi connectivity index (χ3v) is 7.80. The molecule has 150 valence electrons. The van der Waals surface area contributed by atoms with Crippen LogP contribution in [0.4, 0.5) is 5.69 Å². The van der Waals surface area contributed by atoms with Crippen LogP contribution in [0.1, 0.15) is 6.42 Å². The molecule has 2 saturated carbocycles. The summed E-state index contributed by atoms with van der Waals surface area (Å²) in [4.78, 5) is 25.2. The van der Waals surface area contributed by atoms with Gasteiger partial charge in [-0.15, -0.1) is 0 Å². The second kappa shape index (κ2) is 7.18. The maximum absolute atomic E-state index is 12.9. The molecule has 29 heavy (non-hydrogen) atoms. The van der Waals surface area contributed by atoms with Crippen molar-refractivity contribution in [1.29, 1.82) is 0 Å². The normalized spacial score (nSPS) is 31.6. The van der Waals surface area contributed by atoms with E-state index in [4.69, 9.17) is 32.7 Å². The molecule has 1 N–H and O–H groups in total. The van der Waals surface area contributed by atoms with Crippen molar-refractivity contribution in [1.82, 2.24) is 0 Å². The van der Waals surface area contributed by atoms with Gasteiger partial charge in [0.25, 0.3) is 0 Å². The number of amides is 1. The molecule has 6 atom stereocenters. The molecule has 2 bridgehead atoms. The average Bonchev–Trinajstić information content (AvgIpc) is 3.30. The topological polar surface area (TPSA) is 64.6 Å². The van der Waals surface area contributed by atoms with Crippen molar-refractivity contribution in [3.8, 4) is 11.5 Å². The molecule has 2 aliphatic carbocycles. The number of fused-ring (bicyclic) bond motifs is 1. The van der Waals surface area contributed by atoms with Crippen molar-refractivity contribution < 1.29 is 19.1 Å². The van der Waals surface area contributed by atoms with Gasteiger partial charge in [-0.2, -0.15) is 0 Å². The fourth-order valence-corrected chi connectivity index (χ4v) is 6.34. The van der Waals surface area contributed by atoms with Crippen LogP contribution in [-0.4, -0.2) is 22.8 Å². The van der Waals surface area contributed by atoms with E-state index in [-0.39, 0.29) is 46.5 Å². The van der Waals surface area contributed by atoms with E-state index in [1.807, 2.05) is 0 Å². The van der Waals surface area contributed by atoms with Crippen LogP contribution in [0.15, 0.2) is 42.5 Å². The highest BCUT2D eigenvalue weighted by molar-refractivity contribution is 9.09. The third-order valence-electron chi connectivity index (χ3n) is 6.07. The Kier molecular flexibility index (Phi) is 4.76. The largest absolute Gasteiger partial charge is 0.461 e. The standard InChI is InChI=1S/C21H16BrCl2NO4/c22-18-12-8-13-17(21(27)29-19(13)18)16(12)20(26)25-10-2-4-11(5-3-10)28-15-6-1-9(23)7-14(15)24/h1-7,12-13,16-19H,8H2,(H,25,26)/t12-,13+,16+,17-,18+,19-/m0/s1. The monoisotopic (exact) mass is 495 g/mol. The van der Waals surface area contributed by atoms with Gasteiger partial charge in [-0.3, -0.25) is 9.59 Å². The first-order chi connectivity index (χ1) is 13.9. The van der Waals surface area contributed by atoms with Crippen molar-refractivity contribution >= 4 is 56.7 Å². The van der Waals surface area contributed by atoms with Crippen LogP contribution >= 0.6 is 39.1 Å². The predicted octanol–water partition coefficient (Wildman–Crippen LogP) is 5.30. The van der Waals surface area contributed by atoms with Gasteiger partial charge in [-0.05, 0) is 54.8 Å². The van der Waals surface area contributed by atoms with Crippen LogP contribution in [0.2, 0.25) is 10.0 Å². The van der Waals surface area contributed by atoms with Crippen LogP contribution < -0.4 is 10.1 Å². The Balaban J connectivity index is 1.28. The molecule has 0 spiro atoms. The summed E-state index contributed by atoms with van der Waals surface area (Å²) in [5, 5.41) is 3.88. The van der Waals surface area contributed by atoms with Crippen molar-refractivity contribution in [2.45, 2.75) is 17.4 Å². The smallest absolute Gasteiger partial charge is 0.310 e. The fourth-order valence-electron chi connectivity index (χ4n) is 4.85. The van der Waals surface area contributed by atoms with Crippen LogP contribution in [0, 0.1) is 23.7 Å². The summed E-state index contributed by atoms with van der Waals surface area (Å²) in [5.74, 6) is 0.269. The first kappa shape index (κ1) is 19.2. The SMILES string of the molecule is O=C(Nc1ccc(Oc2ccc(Cl)cc2Cl)cc1)[C@@H]1[C@@H]2C[C@H]3[C@H](OC(=O)[C@@H]31)[C@@H]2Br. The number of benzene rings is 2. The molecule has 1 aliphatic heterocycles. The highest BCUT2D eigenvalue weighted by Crippen LogP contribution is 2.60. The van der Waals surface area contributed by atoms with Gasteiger partial charge in [0.2, 0.25) is 5.91 Å². The summed E-state index contributed by atoms with van der Waals surface area (Å²) < 4.78 is 11.2. The van der Waals surface area contributed by atoms with E-state index in [1.54, 1.807) is 42.5 Å². The Labute approximate surface area is 185 Å². The van der Waals surface area contributed by atoms with Crippen LogP contribution in [0.5, 0.6) is 11.5 Å². The molecule has 1 amide bonds. The molecule has 3 aliphatic rings. The van der Waals surface area contributed by atoms with E-state index in [2.05, 4.69) is 21.2 Å². The third kappa shape index (κ3) is 3.22. The Hall–Kier alpha value is -1.76. The maximum atomic E-state index is 12.9. The van der Waals surface area contributed by atoms with Gasteiger partial charge in [0.1, 0.15) is 17.6 Å². The van der Waals surface area contributed by atoms with Crippen LogP contribution in [0.25, 0.3) is 0 Å². The summed E-state index contributed by atoms with van der Waals surface area (Å²) in [7, 11) is 0. The molecule has 0 unspecified atom stereocenters. The molecule has 1 heterocycles. The summed E-state index contributed by atoms with van der Waals surface area (Å²) in [5.41, 5.74) is 0.640. The summed E-state index contributed by atoms with van der Waals surface area (Å²) >= 11 is 15.7. The zero-order valence-corrected chi connectivity index (χ0v) is 18.1. The van der Waals surface area contributed by atoms with E-state index < -0.39 is 0 Å². The van der Waals surface area contributed by atoms with Gasteiger partial charge in [0.05, 0.1) is 21.7 Å². The number of rotatable bonds is 4. The Morgan fingerprint density at radius 2 is 1.90 bits per heavy atom. The molecule has 2 aromatic rings. The van der Waals surface area contributed by atoms with E-state index >= 15 is 0 Å². The zero-order chi connectivity index (χ0) is 20.3. The maximum Gasteiger partial charge on any atom is 0.310 e. The number of nitrogens with one attached hydrogen (secondary N) is 1. The fraction of sp³-hybridized carbons (Fsp3) is 0.333. The van der Waals surface area contributed by atoms with Crippen molar-refractivity contribution in [3.63, 3.8) is 0 Å². The summed E-state index contributed by atoms with van der Waals surface area (Å²) in [6.45, 7) is 0. The van der Waals surface area contributed by atoms with E-state index in [9.17, 15) is 9.59 Å². The van der Waals surface area contributed by atoms with Gasteiger partial charge in [0, 0.05) is 16.6 Å². The number of carbonyl (C=O) groups is 2. The molecule has 0 aromatic heterocycles. The number of halogens is 3. The molecular formula is C21H16BrCl2NO4. The molecule has 1 saturated heterocycles. The quantitative estimate of drug-likeness (QED) is 0.461. The summed E-state index contributed by atoms with van der Waals surface area (Å²) in [6.07, 6.45) is 0.765. The van der Waals surface area contributed by atoms with Gasteiger partial charge in [-0.25, -0.2) is 0 Å². The first-order valence-electron chi connectivity index (χ1n) is 9.31. The number of ether oxygens (including phenoxy) is 2. The Morgan fingerprint density at radius 3 is 2.62 bits per heavy atom. The zero-order valence-electron chi connectivity index (χ0n) is 15.0. The van der Waals surface area contributed by atoms with Gasteiger partial charge >= 0.3 is 5.97 Å². The number of hydrogen-bond donors (Lipinski definition) is 1. The average molecular weight is 497 g/mol. The van der Waals surface area contributed by atoms with Crippen molar-refractivity contribution in [3.05, 3.63) is 52.5 Å². The lowest BCUT2D eigenvalue weighted by Crippen LogP contribution is -2.40. The van der Waals surface area contributed by atoms with Crippen molar-refractivity contribution in [2.24, 2.45) is 23.7 Å². The molecule has 0 radical (unpaired) electrons. The number of hydrogen-bond acceptors (Lipinski definition) is 4. The lowest BCUT2D eigenvalue weighted by Gasteiger charge is -2.27. The van der Waals surface area contributed by atoms with E-state index in [1.165, 1.54) is 0 Å². The Bertz CT molecular complexity index is 999. The van der Waals surface area contributed by atoms with Gasteiger partial charge in [-0.1, -0.05) is 39.1 Å². The highest BCUT2D eigenvalue weighted by Gasteiger charge is 2.67. The minimum atomic E-state index is -0.362. The molecule has 3 fully saturated rings. The minimum Gasteiger partial charge on any atom is -0.461 e. The number of esters is 1. The molecular weight excluding hydrogens is 481 g/mol. The first-order valence-corrected chi connectivity index (χ1v) is 11.0. The number of anilines is 1. The van der Waals surface area contributed by atoms with Crippen LogP contribution in [0.3, 0.4) is 0 Å². The number of carbonyl (C=O) groups excluding carboxylic acids is 2. The van der Waals surface area contributed by atoms with E-state index in [0.717, 1.165) is 6.42 Å². The predicted molar refractivity (Wildman–Crippen MR) is 113 cm³/mol. The molecule has 2 aromatic carbocycles.